The topological polar surface area (TPSA) is 240 Å². The van der Waals surface area contributed by atoms with Crippen molar-refractivity contribution in [3.8, 4) is 0 Å². The van der Waals surface area contributed by atoms with Gasteiger partial charge >= 0.3 is 12.1 Å². The number of aryl methyl sites for hydroxylation is 1. The summed E-state index contributed by atoms with van der Waals surface area (Å²) < 4.78 is 45.6. The fourth-order valence-electron chi connectivity index (χ4n) is 11.6. The number of esters is 1. The minimum atomic E-state index is -1.85. The van der Waals surface area contributed by atoms with Crippen LogP contribution >= 0.6 is 23.2 Å². The highest BCUT2D eigenvalue weighted by Crippen LogP contribution is 2.41. The molecule has 4 saturated heterocycles. The number of benzene rings is 1. The molecule has 0 bridgehead atoms. The maximum atomic E-state index is 14.5. The molecule has 4 fully saturated rings. The van der Waals surface area contributed by atoms with Crippen LogP contribution in [0.15, 0.2) is 24.4 Å². The first-order valence-electron chi connectivity index (χ1n) is 26.2. The minimum absolute atomic E-state index is 0.0920. The monoisotopic (exact) mass is 1090 g/mol. The lowest BCUT2D eigenvalue weighted by atomic mass is 9.77. The lowest BCUT2D eigenvalue weighted by Crippen LogP contribution is -2.60. The molecular formula is C52H84Cl2N6O14. The van der Waals surface area contributed by atoms with Crippen molar-refractivity contribution in [2.24, 2.45) is 17.8 Å². The Balaban J connectivity index is 1.20. The van der Waals surface area contributed by atoms with Crippen molar-refractivity contribution in [2.75, 3.05) is 45.7 Å². The summed E-state index contributed by atoms with van der Waals surface area (Å²) >= 11 is 12.3. The van der Waals surface area contributed by atoms with Crippen molar-refractivity contribution in [3.05, 3.63) is 40.1 Å². The van der Waals surface area contributed by atoms with Crippen molar-refractivity contribution < 1.29 is 68.3 Å². The molecule has 1 aromatic heterocycles. The number of halogens is 2. The van der Waals surface area contributed by atoms with Gasteiger partial charge in [-0.3, -0.25) is 9.69 Å². The number of aliphatic hydroxyl groups excluding tert-OH is 3. The predicted molar refractivity (Wildman–Crippen MR) is 276 cm³/mol. The average molecular weight is 1090 g/mol. The molecule has 19 atom stereocenters. The van der Waals surface area contributed by atoms with E-state index < -0.39 is 114 Å². The van der Waals surface area contributed by atoms with Gasteiger partial charge in [0.1, 0.15) is 36.1 Å². The first kappa shape index (κ1) is 60.4. The number of carbonyl (C=O) groups is 2. The number of amides is 1. The normalized spacial score (nSPS) is 40.4. The van der Waals surface area contributed by atoms with Gasteiger partial charge in [-0.1, -0.05) is 49.2 Å². The molecule has 0 radical (unpaired) electrons. The Morgan fingerprint density at radius 1 is 0.932 bits per heavy atom. The molecule has 0 spiro atoms. The quantitative estimate of drug-likeness (QED) is 0.159. The standard InChI is InChI=1S/C52H84Cl2N6O14/c1-14-40-52(10,67)44(62)32(6)58(12)24-28(2)22-50(8,66)46(30(4)43(31(5)47(64)72-40)73-41-23-51(9,68-13)45(63)33(7)70-41)74-48-42(61)39(20-29(3)69-48)57(11)19-15-16-34-25-59(56-55-34)26-36-27-60(49(65)71-36)35-17-18-37(53)38(54)21-35/h17-18,21,25,28-33,36,39-46,48,61-63,66-67H,14-16,19-20,22-24,26-27H2,1-13H3/t28-,29-,30+,31-,32-,33+,36+,39+,40-,41+,42-,43+,44-,45+,46-,48+,50-,51-,52-/m1/s1. The van der Waals surface area contributed by atoms with E-state index in [1.54, 1.807) is 64.4 Å². The first-order valence-corrected chi connectivity index (χ1v) is 26.9. The number of nitrogens with zero attached hydrogens (tertiary/aromatic N) is 6. The fourth-order valence-corrected chi connectivity index (χ4v) is 11.9. The Morgan fingerprint density at radius 2 is 1.64 bits per heavy atom. The number of hydrogen-bond donors (Lipinski definition) is 5. The van der Waals surface area contributed by atoms with Crippen LogP contribution < -0.4 is 4.90 Å². The minimum Gasteiger partial charge on any atom is -0.459 e. The van der Waals surface area contributed by atoms with Crippen LogP contribution in [0.4, 0.5) is 10.5 Å². The van der Waals surface area contributed by atoms with E-state index >= 15 is 0 Å². The maximum absolute atomic E-state index is 14.5. The number of hydrogen-bond acceptors (Lipinski definition) is 18. The van der Waals surface area contributed by atoms with Gasteiger partial charge in [0.2, 0.25) is 0 Å². The van der Waals surface area contributed by atoms with Gasteiger partial charge < -0.3 is 68.5 Å². The third-order valence-electron chi connectivity index (χ3n) is 16.1. The molecule has 2 aromatic rings. The predicted octanol–water partition coefficient (Wildman–Crippen LogP) is 4.83. The summed E-state index contributed by atoms with van der Waals surface area (Å²) in [5, 5.41) is 69.1. The van der Waals surface area contributed by atoms with Gasteiger partial charge in [0.25, 0.3) is 0 Å². The van der Waals surface area contributed by atoms with Crippen LogP contribution in [-0.2, 0) is 50.9 Å². The summed E-state index contributed by atoms with van der Waals surface area (Å²) in [6.07, 6.45) is -7.06. The summed E-state index contributed by atoms with van der Waals surface area (Å²) in [5.41, 5.74) is -3.23. The molecule has 74 heavy (non-hydrogen) atoms. The molecule has 0 aliphatic carbocycles. The van der Waals surface area contributed by atoms with Gasteiger partial charge in [0.05, 0.1) is 70.4 Å². The van der Waals surface area contributed by atoms with E-state index in [1.165, 1.54) is 18.9 Å². The van der Waals surface area contributed by atoms with Gasteiger partial charge in [-0.2, -0.15) is 0 Å². The third-order valence-corrected chi connectivity index (χ3v) is 16.9. The first-order chi connectivity index (χ1) is 34.6. The molecule has 22 heteroatoms. The van der Waals surface area contributed by atoms with E-state index in [4.69, 9.17) is 56.4 Å². The van der Waals surface area contributed by atoms with Crippen LogP contribution in [0.3, 0.4) is 0 Å². The number of cyclic esters (lactones) is 2. The Morgan fingerprint density at radius 3 is 2.30 bits per heavy atom. The third kappa shape index (κ3) is 13.9. The summed E-state index contributed by atoms with van der Waals surface area (Å²) in [6, 6.07) is 3.96. The molecule has 1 aromatic carbocycles. The van der Waals surface area contributed by atoms with E-state index in [0.29, 0.717) is 61.2 Å². The number of likely N-dealkylation sites (N-methyl/N-ethyl adjacent to an activating group) is 2. The van der Waals surface area contributed by atoms with Gasteiger partial charge in [-0.15, -0.1) is 5.10 Å². The van der Waals surface area contributed by atoms with Crippen LogP contribution in [0.2, 0.25) is 10.0 Å². The van der Waals surface area contributed by atoms with E-state index in [1.807, 2.05) is 46.0 Å². The highest BCUT2D eigenvalue weighted by molar-refractivity contribution is 6.42. The number of ether oxygens (including phenoxy) is 7. The van der Waals surface area contributed by atoms with Crippen molar-refractivity contribution in [1.82, 2.24) is 24.8 Å². The van der Waals surface area contributed by atoms with Gasteiger partial charge in [0.15, 0.2) is 12.6 Å². The lowest BCUT2D eigenvalue weighted by Gasteiger charge is -2.49. The van der Waals surface area contributed by atoms with E-state index in [-0.39, 0.29) is 31.3 Å². The molecule has 4 aliphatic rings. The zero-order valence-corrected chi connectivity index (χ0v) is 47.0. The van der Waals surface area contributed by atoms with Crippen LogP contribution in [0.25, 0.3) is 0 Å². The average Bonchev–Trinajstić information content (AvgIpc) is 3.95. The SMILES string of the molecule is CC[C@H]1OC(=O)[C@H](C)[C@@H](O[C@H]2C[C@@](C)(OC)[C@@H](O)[C@H](C)O2)[C@H](C)[C@@H](O[C@@H]2O[C@H](C)C[C@H](N(C)CCCc3cn(C[C@H]4CN(c5ccc(Cl)c(Cl)c5)C(=O)O4)nn3)[C@H]2O)[C@](C)(O)C[C@@H](C)CN(C)[C@H](C)[C@@H](O)[C@]1(C)O. The molecular weight excluding hydrogens is 1000 g/mol. The van der Waals surface area contributed by atoms with E-state index in [0.717, 1.165) is 5.69 Å². The smallest absolute Gasteiger partial charge is 0.414 e. The van der Waals surface area contributed by atoms with E-state index in [9.17, 15) is 35.1 Å². The fraction of sp³-hybridized carbons (Fsp3) is 0.808. The van der Waals surface area contributed by atoms with Gasteiger partial charge in [-0.05, 0) is 125 Å². The molecule has 0 unspecified atom stereocenters. The Kier molecular flexibility index (Phi) is 20.3. The van der Waals surface area contributed by atoms with Crippen LogP contribution in [0, 0.1) is 17.8 Å². The van der Waals surface area contributed by atoms with Crippen LogP contribution in [-0.4, -0.2) is 200 Å². The number of aliphatic hydroxyl groups is 5. The Bertz CT molecular complexity index is 2180. The zero-order chi connectivity index (χ0) is 54.8. The summed E-state index contributed by atoms with van der Waals surface area (Å²) in [4.78, 5) is 32.7. The van der Waals surface area contributed by atoms with Crippen LogP contribution in [0.1, 0.15) is 107 Å². The van der Waals surface area contributed by atoms with Crippen molar-refractivity contribution in [1.29, 1.82) is 0 Å². The molecule has 5 N–H and O–H groups in total. The summed E-state index contributed by atoms with van der Waals surface area (Å²) in [5.74, 6) is -2.82. The Labute approximate surface area is 446 Å². The second-order valence-corrected chi connectivity index (χ2v) is 23.2. The number of methoxy groups -OCH3 is 1. The number of aromatic nitrogens is 3. The number of anilines is 1. The molecule has 0 saturated carbocycles. The highest BCUT2D eigenvalue weighted by atomic mass is 35.5. The molecule has 4 aliphatic heterocycles. The molecule has 20 nitrogen and oxygen atoms in total. The largest absolute Gasteiger partial charge is 0.459 e. The number of rotatable bonds is 14. The molecule has 420 valence electrons. The Hall–Kier alpha value is -2.80. The van der Waals surface area contributed by atoms with Gasteiger partial charge in [-0.25, -0.2) is 9.48 Å². The lowest BCUT2D eigenvalue weighted by molar-refractivity contribution is -0.318. The maximum Gasteiger partial charge on any atom is 0.414 e. The highest BCUT2D eigenvalue weighted by Gasteiger charge is 2.53. The molecule has 6 rings (SSSR count). The summed E-state index contributed by atoms with van der Waals surface area (Å²) in [6.45, 7) is 19.1. The molecule has 5 heterocycles. The summed E-state index contributed by atoms with van der Waals surface area (Å²) in [7, 11) is 5.26. The van der Waals surface area contributed by atoms with Gasteiger partial charge in [0, 0.05) is 50.0 Å². The second kappa shape index (κ2) is 24.9. The zero-order valence-electron chi connectivity index (χ0n) is 45.5. The van der Waals surface area contributed by atoms with Crippen molar-refractivity contribution in [3.63, 3.8) is 0 Å². The van der Waals surface area contributed by atoms with Crippen molar-refractivity contribution in [2.45, 2.75) is 211 Å². The van der Waals surface area contributed by atoms with E-state index in [2.05, 4.69) is 15.2 Å². The van der Waals surface area contributed by atoms with Crippen LogP contribution in [0.5, 0.6) is 0 Å². The molecule has 1 amide bonds. The second-order valence-electron chi connectivity index (χ2n) is 22.4. The van der Waals surface area contributed by atoms with Crippen molar-refractivity contribution >= 4 is 41.0 Å². The number of carbonyl (C=O) groups excluding carboxylic acids is 2.